The SMILES string of the molecule is CC1CN(C)CCCN1CC(C)(C)C(N)c1ccccc1. The lowest BCUT2D eigenvalue weighted by molar-refractivity contribution is 0.118. The Morgan fingerprint density at radius 2 is 1.90 bits per heavy atom. The van der Waals surface area contributed by atoms with Gasteiger partial charge < -0.3 is 10.6 Å². The summed E-state index contributed by atoms with van der Waals surface area (Å²) in [5.41, 5.74) is 7.87. The highest BCUT2D eigenvalue weighted by atomic mass is 15.2. The molecule has 1 saturated heterocycles. The highest BCUT2D eigenvalue weighted by molar-refractivity contribution is 5.20. The molecule has 1 heterocycles. The van der Waals surface area contributed by atoms with Gasteiger partial charge in [-0.2, -0.15) is 0 Å². The van der Waals surface area contributed by atoms with Crippen LogP contribution in [-0.4, -0.2) is 49.1 Å². The Balaban J connectivity index is 2.05. The Bertz CT molecular complexity index is 429. The summed E-state index contributed by atoms with van der Waals surface area (Å²) in [6.45, 7) is 11.5. The molecule has 2 atom stereocenters. The van der Waals surface area contributed by atoms with Crippen LogP contribution in [0, 0.1) is 5.41 Å². The van der Waals surface area contributed by atoms with E-state index in [-0.39, 0.29) is 11.5 Å². The Morgan fingerprint density at radius 1 is 1.24 bits per heavy atom. The minimum absolute atomic E-state index is 0.0680. The van der Waals surface area contributed by atoms with Crippen molar-refractivity contribution in [2.45, 2.75) is 39.3 Å². The molecule has 0 aliphatic carbocycles. The summed E-state index contributed by atoms with van der Waals surface area (Å²) in [6, 6.07) is 11.2. The fraction of sp³-hybridized carbons (Fsp3) is 0.667. The quantitative estimate of drug-likeness (QED) is 0.925. The highest BCUT2D eigenvalue weighted by Crippen LogP contribution is 2.33. The molecule has 21 heavy (non-hydrogen) atoms. The predicted molar refractivity (Wildman–Crippen MR) is 90.3 cm³/mol. The van der Waals surface area contributed by atoms with E-state index >= 15 is 0 Å². The van der Waals surface area contributed by atoms with Crippen molar-refractivity contribution >= 4 is 0 Å². The summed E-state index contributed by atoms with van der Waals surface area (Å²) >= 11 is 0. The van der Waals surface area contributed by atoms with Gasteiger partial charge in [-0.25, -0.2) is 0 Å². The van der Waals surface area contributed by atoms with Gasteiger partial charge in [0.25, 0.3) is 0 Å². The third-order valence-corrected chi connectivity index (χ3v) is 4.80. The molecule has 0 amide bonds. The summed E-state index contributed by atoms with van der Waals surface area (Å²) in [6.07, 6.45) is 1.25. The monoisotopic (exact) mass is 289 g/mol. The molecule has 1 aliphatic heterocycles. The molecule has 0 aromatic heterocycles. The van der Waals surface area contributed by atoms with E-state index in [1.807, 2.05) is 0 Å². The van der Waals surface area contributed by atoms with Gasteiger partial charge in [0, 0.05) is 25.2 Å². The molecule has 2 rings (SSSR count). The molecule has 1 fully saturated rings. The van der Waals surface area contributed by atoms with Crippen LogP contribution in [0.2, 0.25) is 0 Å². The van der Waals surface area contributed by atoms with Crippen LogP contribution in [0.25, 0.3) is 0 Å². The zero-order valence-electron chi connectivity index (χ0n) is 14.0. The zero-order valence-corrected chi connectivity index (χ0v) is 14.0. The fourth-order valence-electron chi connectivity index (χ4n) is 3.39. The molecule has 1 aromatic carbocycles. The van der Waals surface area contributed by atoms with Crippen LogP contribution in [0.5, 0.6) is 0 Å². The van der Waals surface area contributed by atoms with Gasteiger partial charge in [0.2, 0.25) is 0 Å². The topological polar surface area (TPSA) is 32.5 Å². The maximum atomic E-state index is 6.56. The van der Waals surface area contributed by atoms with Crippen molar-refractivity contribution in [3.63, 3.8) is 0 Å². The van der Waals surface area contributed by atoms with Crippen LogP contribution in [0.3, 0.4) is 0 Å². The fourth-order valence-corrected chi connectivity index (χ4v) is 3.39. The van der Waals surface area contributed by atoms with Crippen LogP contribution in [0.15, 0.2) is 30.3 Å². The van der Waals surface area contributed by atoms with E-state index in [1.54, 1.807) is 0 Å². The second-order valence-corrected chi connectivity index (χ2v) is 7.31. The summed E-state index contributed by atoms with van der Waals surface area (Å²) < 4.78 is 0. The van der Waals surface area contributed by atoms with Crippen molar-refractivity contribution in [2.24, 2.45) is 11.1 Å². The molecular formula is C18H31N3. The van der Waals surface area contributed by atoms with E-state index in [2.05, 4.69) is 68.0 Å². The van der Waals surface area contributed by atoms with E-state index in [1.165, 1.54) is 25.1 Å². The summed E-state index contributed by atoms with van der Waals surface area (Å²) in [7, 11) is 2.22. The maximum Gasteiger partial charge on any atom is 0.0359 e. The molecular weight excluding hydrogens is 258 g/mol. The van der Waals surface area contributed by atoms with Crippen LogP contribution in [0.4, 0.5) is 0 Å². The number of likely N-dealkylation sites (N-methyl/N-ethyl adjacent to an activating group) is 1. The van der Waals surface area contributed by atoms with Crippen molar-refractivity contribution in [3.8, 4) is 0 Å². The number of benzene rings is 1. The Hall–Kier alpha value is -0.900. The van der Waals surface area contributed by atoms with Gasteiger partial charge in [-0.05, 0) is 44.5 Å². The van der Waals surface area contributed by atoms with Crippen molar-refractivity contribution in [1.29, 1.82) is 0 Å². The van der Waals surface area contributed by atoms with Crippen LogP contribution < -0.4 is 5.73 Å². The van der Waals surface area contributed by atoms with Gasteiger partial charge >= 0.3 is 0 Å². The smallest absolute Gasteiger partial charge is 0.0359 e. The van der Waals surface area contributed by atoms with E-state index in [0.29, 0.717) is 6.04 Å². The molecule has 0 bridgehead atoms. The number of hydrogen-bond donors (Lipinski definition) is 1. The minimum atomic E-state index is 0.0680. The number of nitrogens with two attached hydrogens (primary N) is 1. The lowest BCUT2D eigenvalue weighted by atomic mass is 9.80. The maximum absolute atomic E-state index is 6.56. The molecule has 118 valence electrons. The van der Waals surface area contributed by atoms with Crippen molar-refractivity contribution in [1.82, 2.24) is 9.80 Å². The average molecular weight is 289 g/mol. The first-order chi connectivity index (χ1) is 9.90. The standard InChI is InChI=1S/C18H31N3/c1-15-13-20(4)11-8-12-21(15)14-18(2,3)17(19)16-9-6-5-7-10-16/h5-7,9-10,15,17H,8,11-14,19H2,1-4H3. The average Bonchev–Trinajstić information content (AvgIpc) is 2.60. The normalized spacial score (nSPS) is 23.8. The van der Waals surface area contributed by atoms with Crippen molar-refractivity contribution < 1.29 is 0 Å². The Labute approximate surface area is 130 Å². The lowest BCUT2D eigenvalue weighted by Gasteiger charge is -2.39. The second-order valence-electron chi connectivity index (χ2n) is 7.31. The molecule has 2 N–H and O–H groups in total. The van der Waals surface area contributed by atoms with Crippen LogP contribution in [-0.2, 0) is 0 Å². The molecule has 1 aromatic rings. The third-order valence-electron chi connectivity index (χ3n) is 4.80. The zero-order chi connectivity index (χ0) is 15.5. The van der Waals surface area contributed by atoms with Gasteiger partial charge in [-0.3, -0.25) is 4.90 Å². The van der Waals surface area contributed by atoms with E-state index < -0.39 is 0 Å². The number of rotatable bonds is 4. The van der Waals surface area contributed by atoms with Gasteiger partial charge in [0.15, 0.2) is 0 Å². The van der Waals surface area contributed by atoms with Crippen molar-refractivity contribution in [2.75, 3.05) is 33.2 Å². The van der Waals surface area contributed by atoms with Gasteiger partial charge in [-0.15, -0.1) is 0 Å². The Morgan fingerprint density at radius 3 is 2.57 bits per heavy atom. The van der Waals surface area contributed by atoms with Crippen molar-refractivity contribution in [3.05, 3.63) is 35.9 Å². The third kappa shape index (κ3) is 4.29. The summed E-state index contributed by atoms with van der Waals surface area (Å²) in [5, 5.41) is 0. The Kier molecular flexibility index (Phi) is 5.42. The van der Waals surface area contributed by atoms with Gasteiger partial charge in [0.1, 0.15) is 0 Å². The molecule has 0 saturated carbocycles. The van der Waals surface area contributed by atoms with E-state index in [4.69, 9.17) is 5.73 Å². The van der Waals surface area contributed by atoms with E-state index in [0.717, 1.165) is 13.1 Å². The molecule has 0 spiro atoms. The van der Waals surface area contributed by atoms with Crippen LogP contribution >= 0.6 is 0 Å². The highest BCUT2D eigenvalue weighted by Gasteiger charge is 2.32. The van der Waals surface area contributed by atoms with E-state index in [9.17, 15) is 0 Å². The summed E-state index contributed by atoms with van der Waals surface area (Å²) in [5.74, 6) is 0. The minimum Gasteiger partial charge on any atom is -0.323 e. The first-order valence-corrected chi connectivity index (χ1v) is 8.13. The first kappa shape index (κ1) is 16.5. The molecule has 0 radical (unpaired) electrons. The molecule has 2 unspecified atom stereocenters. The number of nitrogens with zero attached hydrogens (tertiary/aromatic N) is 2. The lowest BCUT2D eigenvalue weighted by Crippen LogP contribution is -2.46. The van der Waals surface area contributed by atoms with Gasteiger partial charge in [-0.1, -0.05) is 44.2 Å². The first-order valence-electron chi connectivity index (χ1n) is 8.13. The summed E-state index contributed by atoms with van der Waals surface area (Å²) in [4.78, 5) is 5.06. The van der Waals surface area contributed by atoms with Gasteiger partial charge in [0.05, 0.1) is 0 Å². The predicted octanol–water partition coefficient (Wildman–Crippen LogP) is 2.74. The molecule has 1 aliphatic rings. The number of hydrogen-bond acceptors (Lipinski definition) is 3. The largest absolute Gasteiger partial charge is 0.323 e. The molecule has 3 nitrogen and oxygen atoms in total. The van der Waals surface area contributed by atoms with Crippen LogP contribution in [0.1, 0.15) is 38.8 Å². The second kappa shape index (κ2) is 6.91. The molecule has 3 heteroatoms.